The van der Waals surface area contributed by atoms with E-state index in [1.165, 1.54) is 12.3 Å². The molecule has 0 saturated heterocycles. The predicted molar refractivity (Wildman–Crippen MR) is 69.4 cm³/mol. The van der Waals surface area contributed by atoms with Gasteiger partial charge >= 0.3 is 5.97 Å². The Hall–Kier alpha value is -2.37. The van der Waals surface area contributed by atoms with Crippen molar-refractivity contribution in [2.24, 2.45) is 0 Å². The van der Waals surface area contributed by atoms with E-state index in [1.54, 1.807) is 22.4 Å². The van der Waals surface area contributed by atoms with Crippen LogP contribution in [0.1, 0.15) is 28.5 Å². The molecule has 0 unspecified atom stereocenters. The van der Waals surface area contributed by atoms with Crippen molar-refractivity contribution in [1.29, 1.82) is 0 Å². The number of pyridine rings is 1. The van der Waals surface area contributed by atoms with Gasteiger partial charge in [0.05, 0.1) is 12.7 Å². The summed E-state index contributed by atoms with van der Waals surface area (Å²) >= 11 is 0. The Kier molecular flexibility index (Phi) is 3.50. The van der Waals surface area contributed by atoms with Crippen molar-refractivity contribution in [2.45, 2.75) is 26.9 Å². The van der Waals surface area contributed by atoms with Crippen LogP contribution in [-0.2, 0) is 13.1 Å². The molecule has 0 atom stereocenters. The van der Waals surface area contributed by atoms with Crippen LogP contribution in [-0.4, -0.2) is 25.4 Å². The first kappa shape index (κ1) is 13.1. The maximum Gasteiger partial charge on any atom is 0.341 e. The maximum atomic E-state index is 11.5. The van der Waals surface area contributed by atoms with Gasteiger partial charge in [0.1, 0.15) is 5.56 Å². The van der Waals surface area contributed by atoms with Crippen molar-refractivity contribution in [3.8, 4) is 0 Å². The first-order valence-corrected chi connectivity index (χ1v) is 5.97. The second kappa shape index (κ2) is 5.09. The third kappa shape index (κ3) is 2.73. The first-order chi connectivity index (χ1) is 9.01. The fraction of sp³-hybridized carbons (Fsp3) is 0.308. The Morgan fingerprint density at radius 2 is 2.16 bits per heavy atom. The van der Waals surface area contributed by atoms with Crippen LogP contribution in [0, 0.1) is 6.92 Å². The predicted octanol–water partition coefficient (Wildman–Crippen LogP) is 1.12. The summed E-state index contributed by atoms with van der Waals surface area (Å²) in [5.74, 6) is -1.21. The summed E-state index contributed by atoms with van der Waals surface area (Å²) in [6.07, 6.45) is 5.02. The van der Waals surface area contributed by atoms with Gasteiger partial charge in [-0.1, -0.05) is 0 Å². The lowest BCUT2D eigenvalue weighted by molar-refractivity contribution is 0.0694. The lowest BCUT2D eigenvalue weighted by atomic mass is 10.2. The SMILES string of the molecule is CCn1cc(Cn2cc(C(=O)O)c(=O)cc2C)cn1. The van der Waals surface area contributed by atoms with Gasteiger partial charge in [-0.2, -0.15) is 5.10 Å². The molecule has 0 aromatic carbocycles. The Morgan fingerprint density at radius 3 is 2.74 bits per heavy atom. The molecule has 1 N–H and O–H groups in total. The molecule has 0 aliphatic carbocycles. The maximum absolute atomic E-state index is 11.5. The Labute approximate surface area is 109 Å². The molecular formula is C13H15N3O3. The van der Waals surface area contributed by atoms with Gasteiger partial charge in [-0.25, -0.2) is 4.79 Å². The highest BCUT2D eigenvalue weighted by atomic mass is 16.4. The van der Waals surface area contributed by atoms with Crippen molar-refractivity contribution >= 4 is 5.97 Å². The minimum atomic E-state index is -1.21. The summed E-state index contributed by atoms with van der Waals surface area (Å²) in [6.45, 7) is 5.04. The smallest absolute Gasteiger partial charge is 0.341 e. The van der Waals surface area contributed by atoms with E-state index in [2.05, 4.69) is 5.10 Å². The molecule has 6 nitrogen and oxygen atoms in total. The third-order valence-electron chi connectivity index (χ3n) is 2.94. The fourth-order valence-corrected chi connectivity index (χ4v) is 1.86. The van der Waals surface area contributed by atoms with Crippen LogP contribution in [0.5, 0.6) is 0 Å². The number of hydrogen-bond acceptors (Lipinski definition) is 3. The lowest BCUT2D eigenvalue weighted by Crippen LogP contribution is -2.19. The number of carboxylic acids is 1. The third-order valence-corrected chi connectivity index (χ3v) is 2.94. The number of aromatic nitrogens is 3. The summed E-state index contributed by atoms with van der Waals surface area (Å²) < 4.78 is 3.53. The molecule has 0 aliphatic heterocycles. The highest BCUT2D eigenvalue weighted by molar-refractivity contribution is 5.87. The van der Waals surface area contributed by atoms with Crippen LogP contribution in [0.15, 0.2) is 29.5 Å². The van der Waals surface area contributed by atoms with E-state index in [0.717, 1.165) is 17.8 Å². The summed E-state index contributed by atoms with van der Waals surface area (Å²) in [7, 11) is 0. The average molecular weight is 261 g/mol. The van der Waals surface area contributed by atoms with Gasteiger partial charge in [0.15, 0.2) is 5.43 Å². The molecule has 0 amide bonds. The summed E-state index contributed by atoms with van der Waals surface area (Å²) in [6, 6.07) is 1.34. The fourth-order valence-electron chi connectivity index (χ4n) is 1.86. The molecule has 0 bridgehead atoms. The number of rotatable bonds is 4. The number of carbonyl (C=O) groups is 1. The molecule has 2 aromatic rings. The van der Waals surface area contributed by atoms with Crippen molar-refractivity contribution in [3.63, 3.8) is 0 Å². The van der Waals surface area contributed by atoms with Crippen molar-refractivity contribution in [3.05, 3.63) is 51.7 Å². The Balaban J connectivity index is 2.36. The van der Waals surface area contributed by atoms with Crippen molar-refractivity contribution < 1.29 is 9.90 Å². The van der Waals surface area contributed by atoms with Crippen LogP contribution < -0.4 is 5.43 Å². The van der Waals surface area contributed by atoms with Gasteiger partial charge in [0.25, 0.3) is 0 Å². The zero-order chi connectivity index (χ0) is 14.0. The molecule has 0 fully saturated rings. The molecule has 6 heteroatoms. The van der Waals surface area contributed by atoms with E-state index in [9.17, 15) is 9.59 Å². The number of hydrogen-bond donors (Lipinski definition) is 1. The van der Waals surface area contributed by atoms with Gasteiger partial charge in [0, 0.05) is 36.3 Å². The standard InChI is InChI=1S/C13H15N3O3/c1-3-16-7-10(5-14-16)6-15-8-11(13(18)19)12(17)4-9(15)2/h4-5,7-8H,3,6H2,1-2H3,(H,18,19). The molecule has 0 radical (unpaired) electrons. The van der Waals surface area contributed by atoms with Crippen molar-refractivity contribution in [1.82, 2.24) is 14.3 Å². The van der Waals surface area contributed by atoms with Gasteiger partial charge < -0.3 is 9.67 Å². The average Bonchev–Trinajstić information content (AvgIpc) is 2.80. The van der Waals surface area contributed by atoms with Crippen LogP contribution >= 0.6 is 0 Å². The minimum absolute atomic E-state index is 0.214. The minimum Gasteiger partial charge on any atom is -0.477 e. The first-order valence-electron chi connectivity index (χ1n) is 5.97. The zero-order valence-electron chi connectivity index (χ0n) is 10.8. The monoisotopic (exact) mass is 261 g/mol. The normalized spacial score (nSPS) is 10.6. The molecule has 0 aliphatic rings. The molecule has 2 heterocycles. The van der Waals surface area contributed by atoms with E-state index in [4.69, 9.17) is 5.11 Å². The molecule has 0 saturated carbocycles. The summed E-state index contributed by atoms with van der Waals surface area (Å²) in [5, 5.41) is 13.1. The summed E-state index contributed by atoms with van der Waals surface area (Å²) in [5.41, 5.74) is 1.00. The van der Waals surface area contributed by atoms with Gasteiger partial charge in [0.2, 0.25) is 0 Å². The van der Waals surface area contributed by atoms with Crippen LogP contribution in [0.25, 0.3) is 0 Å². The zero-order valence-corrected chi connectivity index (χ0v) is 10.8. The van der Waals surface area contributed by atoms with E-state index in [1.807, 2.05) is 13.1 Å². The van der Waals surface area contributed by atoms with Gasteiger partial charge in [-0.15, -0.1) is 0 Å². The summed E-state index contributed by atoms with van der Waals surface area (Å²) in [4.78, 5) is 22.5. The number of aromatic carboxylic acids is 1. The number of aryl methyl sites for hydroxylation is 2. The topological polar surface area (TPSA) is 77.1 Å². The highest BCUT2D eigenvalue weighted by Crippen LogP contribution is 2.06. The molecule has 19 heavy (non-hydrogen) atoms. The second-order valence-corrected chi connectivity index (χ2v) is 4.33. The molecular weight excluding hydrogens is 246 g/mol. The van der Waals surface area contributed by atoms with E-state index < -0.39 is 11.4 Å². The quantitative estimate of drug-likeness (QED) is 0.894. The van der Waals surface area contributed by atoms with E-state index in [-0.39, 0.29) is 5.56 Å². The largest absolute Gasteiger partial charge is 0.477 e. The molecule has 2 rings (SSSR count). The van der Waals surface area contributed by atoms with Crippen LogP contribution in [0.3, 0.4) is 0 Å². The number of carboxylic acid groups (broad SMARTS) is 1. The van der Waals surface area contributed by atoms with Crippen LogP contribution in [0.4, 0.5) is 0 Å². The number of nitrogens with zero attached hydrogens (tertiary/aromatic N) is 3. The molecule has 2 aromatic heterocycles. The second-order valence-electron chi connectivity index (χ2n) is 4.33. The van der Waals surface area contributed by atoms with E-state index in [0.29, 0.717) is 6.54 Å². The molecule has 100 valence electrons. The Bertz CT molecular complexity index is 670. The molecule has 0 spiro atoms. The van der Waals surface area contributed by atoms with Crippen LogP contribution in [0.2, 0.25) is 0 Å². The van der Waals surface area contributed by atoms with Crippen molar-refractivity contribution in [2.75, 3.05) is 0 Å². The van der Waals surface area contributed by atoms with E-state index >= 15 is 0 Å². The Morgan fingerprint density at radius 1 is 1.42 bits per heavy atom. The van der Waals surface area contributed by atoms with Gasteiger partial charge in [-0.3, -0.25) is 9.48 Å². The lowest BCUT2D eigenvalue weighted by Gasteiger charge is -2.10. The highest BCUT2D eigenvalue weighted by Gasteiger charge is 2.11. The van der Waals surface area contributed by atoms with Gasteiger partial charge in [-0.05, 0) is 13.8 Å².